The minimum absolute atomic E-state index is 0.0223. The van der Waals surface area contributed by atoms with Gasteiger partial charge in [0.2, 0.25) is 5.91 Å². The number of amides is 1. The number of hydrogen-bond acceptors (Lipinski definition) is 6. The van der Waals surface area contributed by atoms with E-state index in [0.717, 1.165) is 34.4 Å². The van der Waals surface area contributed by atoms with Crippen molar-refractivity contribution in [1.82, 2.24) is 15.3 Å². The number of furan rings is 1. The van der Waals surface area contributed by atoms with Crippen molar-refractivity contribution in [1.29, 1.82) is 0 Å². The Morgan fingerprint density at radius 1 is 1.48 bits per heavy atom. The van der Waals surface area contributed by atoms with Crippen molar-refractivity contribution in [2.24, 2.45) is 5.92 Å². The lowest BCUT2D eigenvalue weighted by atomic mass is 9.89. The minimum atomic E-state index is -0.0223. The smallest absolute Gasteiger partial charge is 0.230 e. The third-order valence-corrected chi connectivity index (χ3v) is 6.59. The molecular weight excluding hydrogens is 354 g/mol. The summed E-state index contributed by atoms with van der Waals surface area (Å²) >= 11 is 3.27. The van der Waals surface area contributed by atoms with Crippen LogP contribution in [-0.4, -0.2) is 21.6 Å². The Morgan fingerprint density at radius 2 is 2.40 bits per heavy atom. The van der Waals surface area contributed by atoms with E-state index in [0.29, 0.717) is 12.3 Å². The van der Waals surface area contributed by atoms with Crippen LogP contribution < -0.4 is 5.32 Å². The largest absolute Gasteiger partial charge is 0.467 e. The first-order valence-corrected chi connectivity index (χ1v) is 10.2. The van der Waals surface area contributed by atoms with E-state index in [-0.39, 0.29) is 5.91 Å². The van der Waals surface area contributed by atoms with Gasteiger partial charge in [-0.05, 0) is 42.9 Å². The molecule has 1 N–H and O–H groups in total. The lowest BCUT2D eigenvalue weighted by molar-refractivity contribution is -0.118. The third-order valence-electron chi connectivity index (χ3n) is 4.44. The van der Waals surface area contributed by atoms with E-state index in [1.54, 1.807) is 23.9 Å². The maximum absolute atomic E-state index is 12.1. The number of fused-ring (bicyclic) bond motifs is 3. The topological polar surface area (TPSA) is 68.0 Å². The van der Waals surface area contributed by atoms with Crippen LogP contribution in [0.5, 0.6) is 0 Å². The number of aromatic nitrogens is 2. The molecule has 4 rings (SSSR count). The Kier molecular flexibility index (Phi) is 4.76. The van der Waals surface area contributed by atoms with Crippen molar-refractivity contribution in [2.75, 3.05) is 5.75 Å². The summed E-state index contributed by atoms with van der Waals surface area (Å²) in [5, 5.41) is 4.96. The molecule has 3 aromatic rings. The molecular formula is C18H19N3O2S2. The van der Waals surface area contributed by atoms with Crippen LogP contribution in [0.2, 0.25) is 0 Å². The van der Waals surface area contributed by atoms with Gasteiger partial charge < -0.3 is 9.73 Å². The monoisotopic (exact) mass is 373 g/mol. The van der Waals surface area contributed by atoms with Crippen LogP contribution in [0.4, 0.5) is 0 Å². The Balaban J connectivity index is 1.47. The molecule has 0 radical (unpaired) electrons. The Morgan fingerprint density at radius 3 is 3.24 bits per heavy atom. The van der Waals surface area contributed by atoms with Gasteiger partial charge in [0.15, 0.2) is 0 Å². The molecule has 5 nitrogen and oxygen atoms in total. The molecule has 0 bridgehead atoms. The third kappa shape index (κ3) is 3.57. The Bertz CT molecular complexity index is 889. The summed E-state index contributed by atoms with van der Waals surface area (Å²) in [7, 11) is 0. The number of nitrogens with one attached hydrogen (secondary N) is 1. The van der Waals surface area contributed by atoms with Gasteiger partial charge in [0.25, 0.3) is 0 Å². The van der Waals surface area contributed by atoms with Gasteiger partial charge in [-0.15, -0.1) is 11.3 Å². The highest BCUT2D eigenvalue weighted by molar-refractivity contribution is 8.00. The average molecular weight is 374 g/mol. The predicted molar refractivity (Wildman–Crippen MR) is 99.9 cm³/mol. The molecule has 7 heteroatoms. The van der Waals surface area contributed by atoms with E-state index in [1.807, 2.05) is 12.1 Å². The average Bonchev–Trinajstić information content (AvgIpc) is 3.24. The zero-order chi connectivity index (χ0) is 17.2. The lowest BCUT2D eigenvalue weighted by Gasteiger charge is -2.18. The Hall–Kier alpha value is -1.86. The molecule has 0 saturated heterocycles. The fourth-order valence-electron chi connectivity index (χ4n) is 3.14. The summed E-state index contributed by atoms with van der Waals surface area (Å²) in [6.45, 7) is 2.72. The number of carbonyl (C=O) groups is 1. The minimum Gasteiger partial charge on any atom is -0.467 e. The fourth-order valence-corrected chi connectivity index (χ4v) is 5.41. The van der Waals surface area contributed by atoms with Crippen molar-refractivity contribution in [3.05, 3.63) is 40.9 Å². The molecule has 1 aliphatic rings. The summed E-state index contributed by atoms with van der Waals surface area (Å²) in [5.74, 6) is 1.81. The van der Waals surface area contributed by atoms with Gasteiger partial charge in [-0.3, -0.25) is 4.79 Å². The van der Waals surface area contributed by atoms with Gasteiger partial charge in [0.05, 0.1) is 18.6 Å². The van der Waals surface area contributed by atoms with Gasteiger partial charge in [0, 0.05) is 10.3 Å². The van der Waals surface area contributed by atoms with Crippen LogP contribution in [0.15, 0.2) is 34.2 Å². The number of aryl methyl sites for hydroxylation is 1. The molecule has 1 aliphatic carbocycles. The van der Waals surface area contributed by atoms with Crippen LogP contribution in [0.3, 0.4) is 0 Å². The summed E-state index contributed by atoms with van der Waals surface area (Å²) in [5.41, 5.74) is 1.40. The first-order chi connectivity index (χ1) is 12.2. The number of hydrogen-bond donors (Lipinski definition) is 1. The first kappa shape index (κ1) is 16.6. The number of carbonyl (C=O) groups excluding carboxylic acids is 1. The van der Waals surface area contributed by atoms with Crippen molar-refractivity contribution >= 4 is 39.2 Å². The van der Waals surface area contributed by atoms with Gasteiger partial charge in [-0.1, -0.05) is 18.7 Å². The van der Waals surface area contributed by atoms with E-state index in [4.69, 9.17) is 4.42 Å². The zero-order valence-electron chi connectivity index (χ0n) is 13.9. The van der Waals surface area contributed by atoms with Crippen LogP contribution in [0.1, 0.15) is 29.5 Å². The zero-order valence-corrected chi connectivity index (χ0v) is 15.6. The maximum Gasteiger partial charge on any atom is 0.230 e. The van der Waals surface area contributed by atoms with E-state index in [1.165, 1.54) is 34.0 Å². The molecule has 3 aromatic heterocycles. The normalized spacial score (nSPS) is 16.8. The summed E-state index contributed by atoms with van der Waals surface area (Å²) in [6, 6.07) is 3.66. The molecule has 25 heavy (non-hydrogen) atoms. The second-order valence-electron chi connectivity index (χ2n) is 6.36. The van der Waals surface area contributed by atoms with E-state index in [9.17, 15) is 4.79 Å². The number of nitrogens with zero attached hydrogens (tertiary/aromatic N) is 2. The number of thiophene rings is 1. The summed E-state index contributed by atoms with van der Waals surface area (Å²) in [4.78, 5) is 23.5. The molecule has 0 fully saturated rings. The predicted octanol–water partition coefficient (Wildman–Crippen LogP) is 3.82. The van der Waals surface area contributed by atoms with Crippen LogP contribution in [-0.2, 0) is 24.2 Å². The Labute approximate surface area is 154 Å². The van der Waals surface area contributed by atoms with Crippen molar-refractivity contribution in [3.63, 3.8) is 0 Å². The standard InChI is InChI=1S/C18H19N3O2S2/c1-11-4-5-13-14(7-11)25-18-16(13)17(20-10-21-18)24-9-15(22)19-8-12-3-2-6-23-12/h2-3,6,10-11H,4-5,7-9H2,1H3,(H,19,22)/t11-/m0/s1. The molecule has 0 aliphatic heterocycles. The first-order valence-electron chi connectivity index (χ1n) is 8.38. The van der Waals surface area contributed by atoms with Gasteiger partial charge in [-0.2, -0.15) is 0 Å². The molecule has 130 valence electrons. The van der Waals surface area contributed by atoms with Crippen LogP contribution in [0, 0.1) is 5.92 Å². The van der Waals surface area contributed by atoms with Crippen molar-refractivity contribution < 1.29 is 9.21 Å². The highest BCUT2D eigenvalue weighted by atomic mass is 32.2. The van der Waals surface area contributed by atoms with E-state index in [2.05, 4.69) is 22.2 Å². The van der Waals surface area contributed by atoms with Gasteiger partial charge in [0.1, 0.15) is 21.9 Å². The quantitative estimate of drug-likeness (QED) is 0.544. The summed E-state index contributed by atoms with van der Waals surface area (Å²) in [6.07, 6.45) is 6.64. The molecule has 3 heterocycles. The molecule has 1 atom stereocenters. The number of thioether (sulfide) groups is 1. The van der Waals surface area contributed by atoms with E-state index >= 15 is 0 Å². The highest BCUT2D eigenvalue weighted by Crippen LogP contribution is 2.40. The maximum atomic E-state index is 12.1. The van der Waals surface area contributed by atoms with E-state index < -0.39 is 0 Å². The second kappa shape index (κ2) is 7.17. The van der Waals surface area contributed by atoms with Gasteiger partial charge in [-0.25, -0.2) is 9.97 Å². The second-order valence-corrected chi connectivity index (χ2v) is 8.40. The number of rotatable bonds is 5. The molecule has 1 amide bonds. The fraction of sp³-hybridized carbons (Fsp3) is 0.389. The van der Waals surface area contributed by atoms with Crippen molar-refractivity contribution in [3.8, 4) is 0 Å². The lowest BCUT2D eigenvalue weighted by Crippen LogP contribution is -2.24. The van der Waals surface area contributed by atoms with Crippen molar-refractivity contribution in [2.45, 2.75) is 37.8 Å². The summed E-state index contributed by atoms with van der Waals surface area (Å²) < 4.78 is 5.22. The van der Waals surface area contributed by atoms with Gasteiger partial charge >= 0.3 is 0 Å². The molecule has 0 saturated carbocycles. The molecule has 0 unspecified atom stereocenters. The SMILES string of the molecule is C[C@H]1CCc2c(sc3ncnc(SCC(=O)NCc4ccco4)c23)C1. The molecule has 0 aromatic carbocycles. The van der Waals surface area contributed by atoms with Crippen LogP contribution in [0.25, 0.3) is 10.2 Å². The molecule has 0 spiro atoms. The van der Waals surface area contributed by atoms with Crippen LogP contribution >= 0.6 is 23.1 Å². The highest BCUT2D eigenvalue weighted by Gasteiger charge is 2.23.